The Morgan fingerprint density at radius 1 is 0.724 bits per heavy atom. The summed E-state index contributed by atoms with van der Waals surface area (Å²) in [6.45, 7) is 3.18. The minimum Gasteiger partial charge on any atom is -0.494 e. The second-order valence-corrected chi connectivity index (χ2v) is 6.68. The molecule has 0 aliphatic carbocycles. The predicted molar refractivity (Wildman–Crippen MR) is 120 cm³/mol. The lowest BCUT2D eigenvalue weighted by atomic mass is 10.1. The molecule has 0 saturated heterocycles. The molecular formula is C26H23NO2. The summed E-state index contributed by atoms with van der Waals surface area (Å²) < 4.78 is 11.4. The Balaban J connectivity index is 1.38. The topological polar surface area (TPSA) is 30.8 Å². The molecule has 0 N–H and O–H groups in total. The predicted octanol–water partition coefficient (Wildman–Crippen LogP) is 6.57. The van der Waals surface area contributed by atoms with Crippen LogP contribution in [0.5, 0.6) is 11.5 Å². The molecule has 144 valence electrons. The summed E-state index contributed by atoms with van der Waals surface area (Å²) in [4.78, 5) is 4.51. The Bertz CT molecular complexity index is 1090. The van der Waals surface area contributed by atoms with Gasteiger partial charge in [0.05, 0.1) is 12.3 Å². The SMILES string of the molecule is CCOc1ccc(N=Cc2ccc(OCc3cccc4ccccc34)cc2)cc1. The molecule has 0 aliphatic heterocycles. The summed E-state index contributed by atoms with van der Waals surface area (Å²) in [6, 6.07) is 30.4. The van der Waals surface area contributed by atoms with E-state index in [1.54, 1.807) is 0 Å². The van der Waals surface area contributed by atoms with Crippen LogP contribution in [0.2, 0.25) is 0 Å². The first-order chi connectivity index (χ1) is 14.3. The molecule has 0 fully saturated rings. The van der Waals surface area contributed by atoms with Crippen molar-refractivity contribution >= 4 is 22.7 Å². The zero-order valence-corrected chi connectivity index (χ0v) is 16.4. The van der Waals surface area contributed by atoms with E-state index in [1.165, 1.54) is 16.3 Å². The highest BCUT2D eigenvalue weighted by molar-refractivity contribution is 5.85. The van der Waals surface area contributed by atoms with Crippen LogP contribution in [-0.2, 0) is 6.61 Å². The monoisotopic (exact) mass is 381 g/mol. The number of hydrogen-bond donors (Lipinski definition) is 0. The fraction of sp³-hybridized carbons (Fsp3) is 0.115. The van der Waals surface area contributed by atoms with Crippen molar-refractivity contribution in [2.45, 2.75) is 13.5 Å². The van der Waals surface area contributed by atoms with Crippen LogP contribution in [-0.4, -0.2) is 12.8 Å². The van der Waals surface area contributed by atoms with Gasteiger partial charge >= 0.3 is 0 Å². The van der Waals surface area contributed by atoms with E-state index in [0.29, 0.717) is 13.2 Å². The fourth-order valence-electron chi connectivity index (χ4n) is 3.17. The highest BCUT2D eigenvalue weighted by atomic mass is 16.5. The maximum atomic E-state index is 6.00. The third-order valence-corrected chi connectivity index (χ3v) is 4.66. The largest absolute Gasteiger partial charge is 0.494 e. The highest BCUT2D eigenvalue weighted by Gasteiger charge is 2.02. The van der Waals surface area contributed by atoms with E-state index in [9.17, 15) is 0 Å². The third kappa shape index (κ3) is 4.82. The number of hydrogen-bond acceptors (Lipinski definition) is 3. The van der Waals surface area contributed by atoms with Crippen LogP contribution in [0.1, 0.15) is 18.1 Å². The molecule has 0 atom stereocenters. The van der Waals surface area contributed by atoms with Crippen LogP contribution < -0.4 is 9.47 Å². The Morgan fingerprint density at radius 2 is 1.41 bits per heavy atom. The molecule has 0 bridgehead atoms. The van der Waals surface area contributed by atoms with Gasteiger partial charge in [-0.2, -0.15) is 0 Å². The molecule has 29 heavy (non-hydrogen) atoms. The van der Waals surface area contributed by atoms with Gasteiger partial charge in [0.2, 0.25) is 0 Å². The molecule has 0 spiro atoms. The zero-order valence-electron chi connectivity index (χ0n) is 16.4. The second kappa shape index (κ2) is 9.07. The van der Waals surface area contributed by atoms with Crippen LogP contribution in [0.4, 0.5) is 5.69 Å². The van der Waals surface area contributed by atoms with Gasteiger partial charge in [0.1, 0.15) is 18.1 Å². The van der Waals surface area contributed by atoms with Gasteiger partial charge in [-0.3, -0.25) is 4.99 Å². The number of ether oxygens (including phenoxy) is 2. The van der Waals surface area contributed by atoms with E-state index in [-0.39, 0.29) is 0 Å². The molecule has 4 aromatic carbocycles. The molecule has 4 aromatic rings. The normalized spacial score (nSPS) is 11.1. The van der Waals surface area contributed by atoms with Crippen molar-refractivity contribution in [3.63, 3.8) is 0 Å². The molecule has 0 saturated carbocycles. The Morgan fingerprint density at radius 3 is 2.21 bits per heavy atom. The summed E-state index contributed by atoms with van der Waals surface area (Å²) >= 11 is 0. The summed E-state index contributed by atoms with van der Waals surface area (Å²) in [5.41, 5.74) is 3.10. The number of nitrogens with zero attached hydrogens (tertiary/aromatic N) is 1. The Kier molecular flexibility index (Phi) is 5.87. The van der Waals surface area contributed by atoms with Crippen LogP contribution in [0.25, 0.3) is 10.8 Å². The summed E-state index contributed by atoms with van der Waals surface area (Å²) in [7, 11) is 0. The van der Waals surface area contributed by atoms with Crippen LogP contribution in [0.3, 0.4) is 0 Å². The van der Waals surface area contributed by atoms with Crippen molar-refractivity contribution in [2.75, 3.05) is 6.61 Å². The fourth-order valence-corrected chi connectivity index (χ4v) is 3.17. The number of fused-ring (bicyclic) bond motifs is 1. The Labute approximate surface area is 171 Å². The molecule has 0 unspecified atom stereocenters. The second-order valence-electron chi connectivity index (χ2n) is 6.68. The van der Waals surface area contributed by atoms with Crippen molar-refractivity contribution in [2.24, 2.45) is 4.99 Å². The van der Waals surface area contributed by atoms with Gasteiger partial charge in [-0.05, 0) is 77.4 Å². The summed E-state index contributed by atoms with van der Waals surface area (Å²) in [5, 5.41) is 2.46. The third-order valence-electron chi connectivity index (χ3n) is 4.66. The van der Waals surface area contributed by atoms with Gasteiger partial charge in [-0.1, -0.05) is 42.5 Å². The lowest BCUT2D eigenvalue weighted by Crippen LogP contribution is -1.96. The molecule has 0 heterocycles. The number of rotatable bonds is 7. The average Bonchev–Trinajstić information content (AvgIpc) is 2.78. The van der Waals surface area contributed by atoms with E-state index < -0.39 is 0 Å². The molecule has 3 heteroatoms. The lowest BCUT2D eigenvalue weighted by Gasteiger charge is -2.09. The van der Waals surface area contributed by atoms with Crippen LogP contribution in [0, 0.1) is 0 Å². The summed E-state index contributed by atoms with van der Waals surface area (Å²) in [6.07, 6.45) is 1.85. The minimum absolute atomic E-state index is 0.543. The van der Waals surface area contributed by atoms with Gasteiger partial charge in [0, 0.05) is 6.21 Å². The van der Waals surface area contributed by atoms with Gasteiger partial charge in [-0.15, -0.1) is 0 Å². The minimum atomic E-state index is 0.543. The van der Waals surface area contributed by atoms with Crippen molar-refractivity contribution in [1.29, 1.82) is 0 Å². The van der Waals surface area contributed by atoms with Gasteiger partial charge in [0.15, 0.2) is 0 Å². The van der Waals surface area contributed by atoms with Crippen LogP contribution in [0.15, 0.2) is 96.0 Å². The number of aliphatic imine (C=N–C) groups is 1. The summed E-state index contributed by atoms with van der Waals surface area (Å²) in [5.74, 6) is 1.70. The van der Waals surface area contributed by atoms with Crippen molar-refractivity contribution in [3.8, 4) is 11.5 Å². The quantitative estimate of drug-likeness (QED) is 0.339. The van der Waals surface area contributed by atoms with Gasteiger partial charge in [0.25, 0.3) is 0 Å². The molecule has 0 radical (unpaired) electrons. The average molecular weight is 381 g/mol. The molecule has 3 nitrogen and oxygen atoms in total. The molecule has 0 aromatic heterocycles. The van der Waals surface area contributed by atoms with Gasteiger partial charge < -0.3 is 9.47 Å². The molecule has 0 aliphatic rings. The van der Waals surface area contributed by atoms with Crippen molar-refractivity contribution < 1.29 is 9.47 Å². The maximum Gasteiger partial charge on any atom is 0.119 e. The number of benzene rings is 4. The smallest absolute Gasteiger partial charge is 0.119 e. The van der Waals surface area contributed by atoms with Crippen LogP contribution >= 0.6 is 0 Å². The van der Waals surface area contributed by atoms with Crippen molar-refractivity contribution in [1.82, 2.24) is 0 Å². The zero-order chi connectivity index (χ0) is 19.9. The standard InChI is InChI=1S/C26H23NO2/c1-2-28-24-16-12-23(13-17-24)27-18-20-10-14-25(15-11-20)29-19-22-8-5-7-21-6-3-4-9-26(21)22/h3-18H,2,19H2,1H3. The van der Waals surface area contributed by atoms with E-state index >= 15 is 0 Å². The first-order valence-electron chi connectivity index (χ1n) is 9.78. The van der Waals surface area contributed by atoms with E-state index in [0.717, 1.165) is 22.7 Å². The van der Waals surface area contributed by atoms with E-state index in [1.807, 2.05) is 61.7 Å². The lowest BCUT2D eigenvalue weighted by molar-refractivity contribution is 0.307. The maximum absolute atomic E-state index is 6.00. The first kappa shape index (κ1) is 18.8. The van der Waals surface area contributed by atoms with Gasteiger partial charge in [-0.25, -0.2) is 0 Å². The Hall–Kier alpha value is -3.59. The van der Waals surface area contributed by atoms with Crippen molar-refractivity contribution in [3.05, 3.63) is 102 Å². The van der Waals surface area contributed by atoms with E-state index in [4.69, 9.17) is 9.47 Å². The molecular weight excluding hydrogens is 358 g/mol. The molecule has 4 rings (SSSR count). The first-order valence-corrected chi connectivity index (χ1v) is 9.78. The highest BCUT2D eigenvalue weighted by Crippen LogP contribution is 2.21. The van der Waals surface area contributed by atoms with E-state index in [2.05, 4.69) is 47.5 Å². The molecule has 0 amide bonds.